The highest BCUT2D eigenvalue weighted by atomic mass is 16.5. The van der Waals surface area contributed by atoms with Crippen LogP contribution in [0.2, 0.25) is 0 Å². The molecule has 28 heavy (non-hydrogen) atoms. The van der Waals surface area contributed by atoms with Crippen LogP contribution >= 0.6 is 0 Å². The highest BCUT2D eigenvalue weighted by molar-refractivity contribution is 5.86. The summed E-state index contributed by atoms with van der Waals surface area (Å²) in [6.45, 7) is 7.04. The van der Waals surface area contributed by atoms with E-state index < -0.39 is 0 Å². The predicted molar refractivity (Wildman–Crippen MR) is 112 cm³/mol. The number of nitrogens with zero attached hydrogens (tertiary/aromatic N) is 1. The second-order valence-electron chi connectivity index (χ2n) is 9.05. The molecule has 1 aromatic carbocycles. The molecule has 2 aromatic rings. The van der Waals surface area contributed by atoms with Crippen LogP contribution in [0.4, 0.5) is 0 Å². The Balaban J connectivity index is 1.77. The second kappa shape index (κ2) is 7.69. The van der Waals surface area contributed by atoms with Gasteiger partial charge in [0.15, 0.2) is 0 Å². The van der Waals surface area contributed by atoms with Crippen LogP contribution in [-0.2, 0) is 11.8 Å². The third kappa shape index (κ3) is 3.14. The van der Waals surface area contributed by atoms with Crippen molar-refractivity contribution in [3.8, 4) is 5.75 Å². The number of hydrogen-bond donors (Lipinski definition) is 3. The molecule has 2 bridgehead atoms. The summed E-state index contributed by atoms with van der Waals surface area (Å²) in [6, 6.07) is 6.53. The van der Waals surface area contributed by atoms with Gasteiger partial charge >= 0.3 is 0 Å². The number of methoxy groups -OCH3 is 1. The van der Waals surface area contributed by atoms with Crippen molar-refractivity contribution < 1.29 is 14.9 Å². The van der Waals surface area contributed by atoms with Gasteiger partial charge in [0.2, 0.25) is 0 Å². The van der Waals surface area contributed by atoms with E-state index in [1.54, 1.807) is 7.11 Å². The fourth-order valence-electron chi connectivity index (χ4n) is 5.82. The number of aromatic amines is 1. The molecule has 2 aliphatic heterocycles. The Morgan fingerprint density at radius 3 is 2.89 bits per heavy atom. The topological polar surface area (TPSA) is 68.7 Å². The van der Waals surface area contributed by atoms with E-state index in [9.17, 15) is 10.2 Å². The molecule has 5 heteroatoms. The highest BCUT2D eigenvalue weighted by Gasteiger charge is 2.50. The molecule has 0 spiro atoms. The quantitative estimate of drug-likeness (QED) is 0.714. The third-order valence-electron chi connectivity index (χ3n) is 7.39. The maximum atomic E-state index is 10.7. The first-order valence-corrected chi connectivity index (χ1v) is 10.7. The number of rotatable bonds is 6. The molecule has 4 unspecified atom stereocenters. The van der Waals surface area contributed by atoms with Crippen molar-refractivity contribution in [1.82, 2.24) is 9.88 Å². The van der Waals surface area contributed by atoms with Crippen LogP contribution in [0.15, 0.2) is 18.2 Å². The molecular formula is C23H34N2O3. The lowest BCUT2D eigenvalue weighted by atomic mass is 9.67. The molecule has 3 N–H and O–H groups in total. The largest absolute Gasteiger partial charge is 0.497 e. The van der Waals surface area contributed by atoms with E-state index in [1.165, 1.54) is 16.6 Å². The number of benzene rings is 1. The zero-order valence-corrected chi connectivity index (χ0v) is 17.4. The van der Waals surface area contributed by atoms with Crippen LogP contribution < -0.4 is 4.74 Å². The van der Waals surface area contributed by atoms with E-state index in [2.05, 4.69) is 35.9 Å². The number of fused-ring (bicyclic) bond motifs is 6. The molecule has 5 atom stereocenters. The maximum Gasteiger partial charge on any atom is 0.119 e. The lowest BCUT2D eigenvalue weighted by Gasteiger charge is -2.50. The van der Waals surface area contributed by atoms with Gasteiger partial charge in [-0.05, 0) is 68.2 Å². The Bertz CT molecular complexity index is 833. The number of nitrogens with one attached hydrogen (secondary N) is 1. The fraction of sp³-hybridized carbons (Fsp3) is 0.652. The van der Waals surface area contributed by atoms with Gasteiger partial charge in [-0.2, -0.15) is 0 Å². The standard InChI is InChI=1S/C23H34N2O3/c1-15(7-9-26)10-17-12-23(14-27)16(2)25(13-17)8-6-19-20-11-18(28-3)4-5-21(20)24-22(19)23/h4-5,11,15-17,24,26-27H,6-10,12-14H2,1-3H3/t15?,16?,17-,23?/m0/s1. The number of aliphatic hydroxyl groups is 2. The van der Waals surface area contributed by atoms with Crippen LogP contribution in [0.3, 0.4) is 0 Å². The molecular weight excluding hydrogens is 352 g/mol. The summed E-state index contributed by atoms with van der Waals surface area (Å²) in [6.07, 6.45) is 3.95. The van der Waals surface area contributed by atoms with E-state index >= 15 is 0 Å². The average molecular weight is 387 g/mol. The van der Waals surface area contributed by atoms with Crippen molar-refractivity contribution in [3.05, 3.63) is 29.5 Å². The van der Waals surface area contributed by atoms with Gasteiger partial charge in [-0.1, -0.05) is 6.92 Å². The van der Waals surface area contributed by atoms with Gasteiger partial charge in [0, 0.05) is 47.8 Å². The Labute approximate surface area is 167 Å². The van der Waals surface area contributed by atoms with Crippen molar-refractivity contribution in [3.63, 3.8) is 0 Å². The van der Waals surface area contributed by atoms with Gasteiger partial charge < -0.3 is 19.9 Å². The lowest BCUT2D eigenvalue weighted by molar-refractivity contribution is 0.00491. The number of ether oxygens (including phenoxy) is 1. The summed E-state index contributed by atoms with van der Waals surface area (Å²) >= 11 is 0. The predicted octanol–water partition coefficient (Wildman–Crippen LogP) is 3.08. The molecule has 3 heterocycles. The van der Waals surface area contributed by atoms with E-state index in [0.717, 1.165) is 50.0 Å². The van der Waals surface area contributed by atoms with E-state index in [4.69, 9.17) is 4.74 Å². The molecule has 0 radical (unpaired) electrons. The highest BCUT2D eigenvalue weighted by Crippen LogP contribution is 2.47. The molecule has 0 saturated carbocycles. The van der Waals surface area contributed by atoms with Crippen molar-refractivity contribution in [2.75, 3.05) is 33.4 Å². The lowest BCUT2D eigenvalue weighted by Crippen LogP contribution is -2.57. The van der Waals surface area contributed by atoms with Crippen molar-refractivity contribution in [2.45, 2.75) is 51.0 Å². The Morgan fingerprint density at radius 1 is 1.36 bits per heavy atom. The summed E-state index contributed by atoms with van der Waals surface area (Å²) in [4.78, 5) is 6.28. The van der Waals surface area contributed by atoms with Gasteiger partial charge in [0.25, 0.3) is 0 Å². The monoisotopic (exact) mass is 386 g/mol. The van der Waals surface area contributed by atoms with Gasteiger partial charge in [-0.25, -0.2) is 0 Å². The van der Waals surface area contributed by atoms with Crippen molar-refractivity contribution in [1.29, 1.82) is 0 Å². The van der Waals surface area contributed by atoms with Crippen molar-refractivity contribution in [2.24, 2.45) is 11.8 Å². The summed E-state index contributed by atoms with van der Waals surface area (Å²) in [5.74, 6) is 1.93. The first kappa shape index (κ1) is 19.7. The second-order valence-corrected chi connectivity index (χ2v) is 9.05. The molecule has 0 amide bonds. The van der Waals surface area contributed by atoms with Crippen LogP contribution in [0.25, 0.3) is 10.9 Å². The van der Waals surface area contributed by atoms with Crippen molar-refractivity contribution >= 4 is 10.9 Å². The fourth-order valence-corrected chi connectivity index (χ4v) is 5.82. The van der Waals surface area contributed by atoms with Crippen LogP contribution in [0.5, 0.6) is 5.75 Å². The smallest absolute Gasteiger partial charge is 0.119 e. The van der Waals surface area contributed by atoms with E-state index in [1.807, 2.05) is 6.07 Å². The van der Waals surface area contributed by atoms with Gasteiger partial charge in [0.05, 0.1) is 13.7 Å². The number of H-pyrrole nitrogens is 1. The first-order chi connectivity index (χ1) is 13.5. The molecule has 1 aromatic heterocycles. The first-order valence-electron chi connectivity index (χ1n) is 10.7. The summed E-state index contributed by atoms with van der Waals surface area (Å²) in [5.41, 5.74) is 3.45. The van der Waals surface area contributed by atoms with Crippen LogP contribution in [0, 0.1) is 11.8 Å². The molecule has 154 valence electrons. The van der Waals surface area contributed by atoms with Gasteiger partial charge in [-0.15, -0.1) is 0 Å². The van der Waals surface area contributed by atoms with E-state index in [0.29, 0.717) is 17.9 Å². The van der Waals surface area contributed by atoms with Crippen LogP contribution in [-0.4, -0.2) is 59.6 Å². The normalized spacial score (nSPS) is 30.7. The minimum absolute atomic E-state index is 0.159. The maximum absolute atomic E-state index is 10.7. The SMILES string of the molecule is COc1ccc2[nH]c3c(c2c1)CCN1C[C@@H](CC(C)CCO)CC3(CO)C1C. The Hall–Kier alpha value is -1.56. The molecule has 1 fully saturated rings. The minimum atomic E-state index is -0.264. The molecule has 4 rings (SSSR count). The molecule has 0 aliphatic carbocycles. The van der Waals surface area contributed by atoms with Gasteiger partial charge in [0.1, 0.15) is 5.75 Å². The van der Waals surface area contributed by atoms with Crippen LogP contribution in [0.1, 0.15) is 44.4 Å². The van der Waals surface area contributed by atoms with E-state index in [-0.39, 0.29) is 18.6 Å². The summed E-state index contributed by atoms with van der Waals surface area (Å²) in [7, 11) is 1.71. The molecule has 5 nitrogen and oxygen atoms in total. The Morgan fingerprint density at radius 2 is 2.18 bits per heavy atom. The zero-order valence-electron chi connectivity index (χ0n) is 17.4. The minimum Gasteiger partial charge on any atom is -0.497 e. The third-order valence-corrected chi connectivity index (χ3v) is 7.39. The summed E-state index contributed by atoms with van der Waals surface area (Å²) in [5, 5.41) is 21.2. The number of aliphatic hydroxyl groups excluding tert-OH is 2. The zero-order chi connectivity index (χ0) is 19.9. The molecule has 2 aliphatic rings. The average Bonchev–Trinajstić information content (AvgIpc) is 3.04. The number of piperidine rings is 1. The number of hydrogen-bond acceptors (Lipinski definition) is 4. The van der Waals surface area contributed by atoms with Gasteiger partial charge in [-0.3, -0.25) is 4.90 Å². The number of aromatic nitrogens is 1. The Kier molecular flexibility index (Phi) is 5.43. The summed E-state index contributed by atoms with van der Waals surface area (Å²) < 4.78 is 5.46. The molecule has 1 saturated heterocycles.